The van der Waals surface area contributed by atoms with Gasteiger partial charge in [-0.05, 0) is 62.2 Å². The molecule has 0 spiro atoms. The number of esters is 1. The summed E-state index contributed by atoms with van der Waals surface area (Å²) in [5.41, 5.74) is 4.32. The van der Waals surface area contributed by atoms with Gasteiger partial charge < -0.3 is 14.8 Å². The fourth-order valence-electron chi connectivity index (χ4n) is 4.51. The second kappa shape index (κ2) is 10.1. The van der Waals surface area contributed by atoms with Gasteiger partial charge in [-0.3, -0.25) is 14.5 Å². The molecule has 4 rings (SSSR count). The van der Waals surface area contributed by atoms with E-state index >= 15 is 0 Å². The van der Waals surface area contributed by atoms with Gasteiger partial charge in [-0.25, -0.2) is 4.68 Å². The highest BCUT2D eigenvalue weighted by molar-refractivity contribution is 5.95. The average Bonchev–Trinajstić information content (AvgIpc) is 3.40. The first-order valence-electron chi connectivity index (χ1n) is 11.3. The molecule has 2 aromatic carbocycles. The molecule has 0 bridgehead atoms. The van der Waals surface area contributed by atoms with Crippen molar-refractivity contribution in [3.05, 3.63) is 77.1 Å². The predicted octanol–water partition coefficient (Wildman–Crippen LogP) is 3.04. The van der Waals surface area contributed by atoms with E-state index in [2.05, 4.69) is 10.4 Å². The molecule has 2 atom stereocenters. The molecule has 34 heavy (non-hydrogen) atoms. The maximum Gasteiger partial charge on any atom is 0.323 e. The molecule has 1 aromatic heterocycles. The van der Waals surface area contributed by atoms with Crippen LogP contribution in [0.5, 0.6) is 5.75 Å². The first-order valence-corrected chi connectivity index (χ1v) is 11.3. The van der Waals surface area contributed by atoms with E-state index in [4.69, 9.17) is 9.47 Å². The van der Waals surface area contributed by atoms with Crippen molar-refractivity contribution in [2.45, 2.75) is 38.9 Å². The summed E-state index contributed by atoms with van der Waals surface area (Å²) in [6.45, 7) is 5.01. The van der Waals surface area contributed by atoms with Crippen LogP contribution in [0.25, 0.3) is 5.69 Å². The van der Waals surface area contributed by atoms with Gasteiger partial charge in [-0.2, -0.15) is 5.10 Å². The lowest BCUT2D eigenvalue weighted by molar-refractivity contribution is -0.146. The van der Waals surface area contributed by atoms with Crippen LogP contribution in [0.3, 0.4) is 0 Å². The lowest BCUT2D eigenvalue weighted by Gasteiger charge is -2.22. The highest BCUT2D eigenvalue weighted by Crippen LogP contribution is 2.24. The zero-order valence-electron chi connectivity index (χ0n) is 19.9. The smallest absolute Gasteiger partial charge is 0.323 e. The van der Waals surface area contributed by atoms with Crippen molar-refractivity contribution in [1.29, 1.82) is 0 Å². The van der Waals surface area contributed by atoms with Gasteiger partial charge in [0.1, 0.15) is 11.8 Å². The van der Waals surface area contributed by atoms with Crippen LogP contribution in [0.15, 0.2) is 54.6 Å². The third-order valence-electron chi connectivity index (χ3n) is 6.09. The number of aromatic nitrogens is 2. The fourth-order valence-corrected chi connectivity index (χ4v) is 4.51. The maximum atomic E-state index is 13.1. The third-order valence-corrected chi connectivity index (χ3v) is 6.09. The normalized spacial score (nSPS) is 18.0. The van der Waals surface area contributed by atoms with Gasteiger partial charge in [0.15, 0.2) is 0 Å². The Morgan fingerprint density at radius 2 is 1.88 bits per heavy atom. The van der Waals surface area contributed by atoms with E-state index in [1.54, 1.807) is 13.2 Å². The van der Waals surface area contributed by atoms with Gasteiger partial charge in [-0.1, -0.05) is 18.2 Å². The molecular weight excluding hydrogens is 432 g/mol. The molecule has 1 fully saturated rings. The minimum atomic E-state index is -0.428. The number of aryl methyl sites for hydroxylation is 2. The first-order chi connectivity index (χ1) is 16.4. The Morgan fingerprint density at radius 3 is 2.59 bits per heavy atom. The van der Waals surface area contributed by atoms with Crippen LogP contribution in [0.4, 0.5) is 0 Å². The Balaban J connectivity index is 1.48. The SMILES string of the molecule is COC(=O)[C@@H]1C[C@@H](NC(=O)c2cccc(-n3nc(C)cc3C)c2)CN1Cc1cccc(OC)c1. The number of nitrogens with one attached hydrogen (secondary N) is 1. The van der Waals surface area contributed by atoms with E-state index in [0.29, 0.717) is 25.1 Å². The molecule has 8 nitrogen and oxygen atoms in total. The van der Waals surface area contributed by atoms with Crippen molar-refractivity contribution >= 4 is 11.9 Å². The van der Waals surface area contributed by atoms with Gasteiger partial charge in [0, 0.05) is 30.4 Å². The van der Waals surface area contributed by atoms with E-state index in [1.165, 1.54) is 7.11 Å². The van der Waals surface area contributed by atoms with Crippen LogP contribution in [0.2, 0.25) is 0 Å². The summed E-state index contributed by atoms with van der Waals surface area (Å²) >= 11 is 0. The number of hydrogen-bond acceptors (Lipinski definition) is 6. The second-order valence-corrected chi connectivity index (χ2v) is 8.62. The number of nitrogens with zero attached hydrogens (tertiary/aromatic N) is 3. The van der Waals surface area contributed by atoms with Gasteiger partial charge in [-0.15, -0.1) is 0 Å². The Labute approximate surface area is 199 Å². The van der Waals surface area contributed by atoms with E-state index < -0.39 is 6.04 Å². The van der Waals surface area contributed by atoms with Crippen LogP contribution in [0.1, 0.15) is 33.7 Å². The molecule has 0 saturated carbocycles. The van der Waals surface area contributed by atoms with Gasteiger partial charge in [0.05, 0.1) is 25.6 Å². The number of likely N-dealkylation sites (tertiary alicyclic amines) is 1. The molecule has 2 heterocycles. The largest absolute Gasteiger partial charge is 0.497 e. The Hall–Kier alpha value is -3.65. The lowest BCUT2D eigenvalue weighted by Crippen LogP contribution is -2.37. The summed E-state index contributed by atoms with van der Waals surface area (Å²) in [4.78, 5) is 27.6. The van der Waals surface area contributed by atoms with Crippen molar-refractivity contribution in [2.75, 3.05) is 20.8 Å². The summed E-state index contributed by atoms with van der Waals surface area (Å²) in [5, 5.41) is 7.60. The fraction of sp³-hybridized carbons (Fsp3) is 0.346. The van der Waals surface area contributed by atoms with Crippen LogP contribution in [-0.4, -0.2) is 59.4 Å². The molecule has 0 radical (unpaired) electrons. The van der Waals surface area contributed by atoms with Gasteiger partial charge >= 0.3 is 5.97 Å². The Bertz CT molecular complexity index is 1190. The molecule has 0 unspecified atom stereocenters. The maximum absolute atomic E-state index is 13.1. The quantitative estimate of drug-likeness (QED) is 0.544. The van der Waals surface area contributed by atoms with Crippen molar-refractivity contribution in [3.8, 4) is 11.4 Å². The summed E-state index contributed by atoms with van der Waals surface area (Å²) in [7, 11) is 3.02. The molecule has 1 amide bonds. The van der Waals surface area contributed by atoms with Crippen LogP contribution >= 0.6 is 0 Å². The number of ether oxygens (including phenoxy) is 2. The summed E-state index contributed by atoms with van der Waals surface area (Å²) < 4.78 is 12.2. The van der Waals surface area contributed by atoms with E-state index in [9.17, 15) is 9.59 Å². The summed E-state index contributed by atoms with van der Waals surface area (Å²) in [6, 6.07) is 16.5. The van der Waals surface area contributed by atoms with Crippen LogP contribution < -0.4 is 10.1 Å². The Kier molecular flexibility index (Phi) is 6.98. The minimum absolute atomic E-state index is 0.180. The van der Waals surface area contributed by atoms with Gasteiger partial charge in [0.2, 0.25) is 0 Å². The molecular formula is C26H30N4O4. The standard InChI is InChI=1S/C26H30N4O4/c1-17-11-18(2)30(28-17)22-9-6-8-20(13-22)25(31)27-21-14-24(26(32)34-4)29(16-21)15-19-7-5-10-23(12-19)33-3/h5-13,21,24H,14-16H2,1-4H3,(H,27,31)/t21-,24+/m1/s1. The monoisotopic (exact) mass is 462 g/mol. The lowest BCUT2D eigenvalue weighted by atomic mass is 10.1. The van der Waals surface area contributed by atoms with Crippen molar-refractivity contribution < 1.29 is 19.1 Å². The topological polar surface area (TPSA) is 85.7 Å². The molecule has 1 N–H and O–H groups in total. The van der Waals surface area contributed by atoms with E-state index in [1.807, 2.05) is 72.0 Å². The zero-order valence-corrected chi connectivity index (χ0v) is 19.9. The minimum Gasteiger partial charge on any atom is -0.497 e. The van der Waals surface area contributed by atoms with Gasteiger partial charge in [0.25, 0.3) is 5.91 Å². The number of hydrogen-bond donors (Lipinski definition) is 1. The Morgan fingerprint density at radius 1 is 1.09 bits per heavy atom. The molecule has 3 aromatic rings. The molecule has 178 valence electrons. The number of carbonyl (C=O) groups is 2. The van der Waals surface area contributed by atoms with E-state index in [-0.39, 0.29) is 17.9 Å². The highest BCUT2D eigenvalue weighted by atomic mass is 16.5. The molecule has 1 aliphatic rings. The van der Waals surface area contributed by atoms with Crippen molar-refractivity contribution in [1.82, 2.24) is 20.0 Å². The summed E-state index contributed by atoms with van der Waals surface area (Å²) in [5.74, 6) is 0.282. The first kappa shape index (κ1) is 23.5. The molecule has 1 saturated heterocycles. The zero-order chi connectivity index (χ0) is 24.2. The van der Waals surface area contributed by atoms with E-state index in [0.717, 1.165) is 28.4 Å². The van der Waals surface area contributed by atoms with Crippen LogP contribution in [-0.2, 0) is 16.1 Å². The molecule has 1 aliphatic heterocycles. The second-order valence-electron chi connectivity index (χ2n) is 8.62. The number of methoxy groups -OCH3 is 2. The number of benzene rings is 2. The van der Waals surface area contributed by atoms with Crippen molar-refractivity contribution in [2.24, 2.45) is 0 Å². The number of rotatable bonds is 7. The van der Waals surface area contributed by atoms with Crippen molar-refractivity contribution in [3.63, 3.8) is 0 Å². The average molecular weight is 463 g/mol. The molecule has 8 heteroatoms. The summed E-state index contributed by atoms with van der Waals surface area (Å²) in [6.07, 6.45) is 0.486. The predicted molar refractivity (Wildman–Crippen MR) is 128 cm³/mol. The highest BCUT2D eigenvalue weighted by Gasteiger charge is 2.38. The van der Waals surface area contributed by atoms with Crippen LogP contribution in [0, 0.1) is 13.8 Å². The number of carbonyl (C=O) groups excluding carboxylic acids is 2. The molecule has 0 aliphatic carbocycles. The third kappa shape index (κ3) is 5.12. The number of amides is 1.